The summed E-state index contributed by atoms with van der Waals surface area (Å²) in [5, 5.41) is 3.19. The number of ether oxygens (including phenoxy) is 2. The third kappa shape index (κ3) is 2.62. The van der Waals surface area contributed by atoms with Gasteiger partial charge in [-0.2, -0.15) is 0 Å². The van der Waals surface area contributed by atoms with Crippen molar-refractivity contribution in [1.29, 1.82) is 0 Å². The quantitative estimate of drug-likeness (QED) is 0.660. The molecule has 0 amide bonds. The molecule has 5 heteroatoms. The minimum atomic E-state index is 0.723. The van der Waals surface area contributed by atoms with E-state index in [0.717, 1.165) is 27.8 Å². The van der Waals surface area contributed by atoms with Crippen LogP contribution in [0.2, 0.25) is 0 Å². The molecule has 0 radical (unpaired) electrons. The van der Waals surface area contributed by atoms with Crippen LogP contribution in [-0.4, -0.2) is 19.2 Å². The highest BCUT2D eigenvalue weighted by Crippen LogP contribution is 2.39. The van der Waals surface area contributed by atoms with Crippen LogP contribution in [0.4, 0.5) is 0 Å². The van der Waals surface area contributed by atoms with Crippen molar-refractivity contribution in [3.63, 3.8) is 0 Å². The van der Waals surface area contributed by atoms with Crippen LogP contribution < -0.4 is 9.47 Å². The summed E-state index contributed by atoms with van der Waals surface area (Å²) in [5.41, 5.74) is 3.33. The van der Waals surface area contributed by atoms with E-state index in [9.17, 15) is 0 Å². The minimum Gasteiger partial charge on any atom is -0.493 e. The number of methoxy groups -OCH3 is 2. The van der Waals surface area contributed by atoms with Gasteiger partial charge < -0.3 is 9.47 Å². The Morgan fingerprint density at radius 2 is 1.77 bits per heavy atom. The number of benzene rings is 1. The van der Waals surface area contributed by atoms with Crippen molar-refractivity contribution in [2.75, 3.05) is 14.2 Å². The summed E-state index contributed by atoms with van der Waals surface area (Å²) < 4.78 is 10.7. The van der Waals surface area contributed by atoms with Gasteiger partial charge >= 0.3 is 0 Å². The van der Waals surface area contributed by atoms with Crippen LogP contribution >= 0.6 is 22.7 Å². The summed E-state index contributed by atoms with van der Waals surface area (Å²) >= 11 is 3.47. The molecule has 0 atom stereocenters. The first-order valence-electron chi connectivity index (χ1n) is 6.88. The number of thiophene rings is 1. The Morgan fingerprint density at radius 3 is 2.41 bits per heavy atom. The molecule has 0 N–H and O–H groups in total. The minimum absolute atomic E-state index is 0.723. The fourth-order valence-electron chi connectivity index (χ4n) is 2.34. The Labute approximate surface area is 138 Å². The van der Waals surface area contributed by atoms with Gasteiger partial charge in [-0.3, -0.25) is 0 Å². The number of aryl methyl sites for hydroxylation is 2. The first kappa shape index (κ1) is 15.1. The summed E-state index contributed by atoms with van der Waals surface area (Å²) in [5.74, 6) is 1.45. The lowest BCUT2D eigenvalue weighted by Crippen LogP contribution is -1.91. The average molecular weight is 331 g/mol. The largest absolute Gasteiger partial charge is 0.493 e. The van der Waals surface area contributed by atoms with Gasteiger partial charge in [0.1, 0.15) is 5.01 Å². The van der Waals surface area contributed by atoms with Crippen molar-refractivity contribution >= 4 is 22.7 Å². The van der Waals surface area contributed by atoms with E-state index < -0.39 is 0 Å². The third-order valence-corrected chi connectivity index (χ3v) is 5.65. The molecule has 114 valence electrons. The second-order valence-electron chi connectivity index (χ2n) is 4.93. The second-order valence-corrected chi connectivity index (χ2v) is 7.05. The molecule has 3 rings (SSSR count). The maximum atomic E-state index is 5.39. The zero-order valence-electron chi connectivity index (χ0n) is 13.0. The van der Waals surface area contributed by atoms with Crippen molar-refractivity contribution < 1.29 is 9.47 Å². The van der Waals surface area contributed by atoms with E-state index in [2.05, 4.69) is 25.3 Å². The van der Waals surface area contributed by atoms with Crippen LogP contribution in [0.5, 0.6) is 11.5 Å². The lowest BCUT2D eigenvalue weighted by atomic mass is 10.1. The Bertz CT molecular complexity index is 805. The van der Waals surface area contributed by atoms with Gasteiger partial charge in [0.2, 0.25) is 0 Å². The van der Waals surface area contributed by atoms with Gasteiger partial charge in [-0.25, -0.2) is 4.98 Å². The molecular formula is C17H17NO2S2. The van der Waals surface area contributed by atoms with Crippen molar-refractivity contribution in [1.82, 2.24) is 4.98 Å². The molecule has 22 heavy (non-hydrogen) atoms. The predicted octanol–water partition coefficient (Wildman–Crippen LogP) is 5.17. The highest BCUT2D eigenvalue weighted by molar-refractivity contribution is 7.21. The molecule has 3 nitrogen and oxygen atoms in total. The van der Waals surface area contributed by atoms with Gasteiger partial charge in [0.25, 0.3) is 0 Å². The van der Waals surface area contributed by atoms with E-state index in [1.165, 1.54) is 15.3 Å². The Hall–Kier alpha value is -1.85. The monoisotopic (exact) mass is 331 g/mol. The summed E-state index contributed by atoms with van der Waals surface area (Å²) in [4.78, 5) is 7.30. The van der Waals surface area contributed by atoms with E-state index in [0.29, 0.717) is 0 Å². The van der Waals surface area contributed by atoms with E-state index in [4.69, 9.17) is 14.5 Å². The maximum absolute atomic E-state index is 5.39. The molecule has 0 fully saturated rings. The molecule has 0 saturated carbocycles. The summed E-state index contributed by atoms with van der Waals surface area (Å²) in [6.07, 6.45) is 0. The molecule has 0 unspecified atom stereocenters. The molecule has 0 aliphatic rings. The highest BCUT2D eigenvalue weighted by atomic mass is 32.1. The number of rotatable bonds is 4. The fourth-order valence-corrected chi connectivity index (χ4v) is 4.36. The highest BCUT2D eigenvalue weighted by Gasteiger charge is 2.15. The van der Waals surface area contributed by atoms with E-state index in [1.807, 2.05) is 18.2 Å². The molecule has 3 aromatic rings. The van der Waals surface area contributed by atoms with Gasteiger partial charge in [0, 0.05) is 10.4 Å². The molecule has 0 aliphatic heterocycles. The first-order chi connectivity index (χ1) is 10.6. The zero-order chi connectivity index (χ0) is 15.7. The first-order valence-corrected chi connectivity index (χ1v) is 8.58. The van der Waals surface area contributed by atoms with Crippen LogP contribution in [0.15, 0.2) is 29.6 Å². The Kier molecular flexibility index (Phi) is 4.18. The Balaban J connectivity index is 2.06. The normalized spacial score (nSPS) is 10.7. The number of hydrogen-bond donors (Lipinski definition) is 0. The lowest BCUT2D eigenvalue weighted by Gasteiger charge is -2.08. The van der Waals surface area contributed by atoms with Crippen molar-refractivity contribution in [3.8, 4) is 32.6 Å². The zero-order valence-corrected chi connectivity index (χ0v) is 14.6. The second kappa shape index (κ2) is 6.10. The van der Waals surface area contributed by atoms with Crippen LogP contribution in [0.3, 0.4) is 0 Å². The molecule has 0 saturated heterocycles. The van der Waals surface area contributed by atoms with Crippen molar-refractivity contribution in [3.05, 3.63) is 40.1 Å². The predicted molar refractivity (Wildman–Crippen MR) is 93.4 cm³/mol. The number of thiazole rings is 1. The number of nitrogens with zero attached hydrogens (tertiary/aromatic N) is 1. The summed E-state index contributed by atoms with van der Waals surface area (Å²) in [7, 11) is 3.29. The van der Waals surface area contributed by atoms with Gasteiger partial charge in [0.05, 0.1) is 24.8 Å². The average Bonchev–Trinajstić information content (AvgIpc) is 3.12. The fraction of sp³-hybridized carbons (Fsp3) is 0.235. The van der Waals surface area contributed by atoms with E-state index in [-0.39, 0.29) is 0 Å². The van der Waals surface area contributed by atoms with Crippen LogP contribution in [-0.2, 0) is 0 Å². The summed E-state index contributed by atoms with van der Waals surface area (Å²) in [6, 6.07) is 8.05. The van der Waals surface area contributed by atoms with Crippen LogP contribution in [0.1, 0.15) is 10.4 Å². The van der Waals surface area contributed by atoms with Crippen LogP contribution in [0.25, 0.3) is 21.1 Å². The topological polar surface area (TPSA) is 31.4 Å². The van der Waals surface area contributed by atoms with Gasteiger partial charge in [0.15, 0.2) is 11.5 Å². The van der Waals surface area contributed by atoms with Gasteiger partial charge in [-0.05, 0) is 49.1 Å². The molecule has 1 aromatic carbocycles. The molecule has 0 bridgehead atoms. The van der Waals surface area contributed by atoms with Gasteiger partial charge in [-0.15, -0.1) is 22.7 Å². The van der Waals surface area contributed by atoms with Crippen molar-refractivity contribution in [2.24, 2.45) is 0 Å². The maximum Gasteiger partial charge on any atom is 0.161 e. The van der Waals surface area contributed by atoms with E-state index >= 15 is 0 Å². The molecule has 0 spiro atoms. The van der Waals surface area contributed by atoms with Crippen LogP contribution in [0, 0.1) is 13.8 Å². The Morgan fingerprint density at radius 1 is 1.00 bits per heavy atom. The van der Waals surface area contributed by atoms with Crippen molar-refractivity contribution in [2.45, 2.75) is 13.8 Å². The number of hydrogen-bond acceptors (Lipinski definition) is 5. The van der Waals surface area contributed by atoms with Gasteiger partial charge in [-0.1, -0.05) is 0 Å². The third-order valence-electron chi connectivity index (χ3n) is 3.51. The lowest BCUT2D eigenvalue weighted by molar-refractivity contribution is 0.355. The molecule has 2 heterocycles. The molecule has 0 aliphatic carbocycles. The molecule has 2 aromatic heterocycles. The standard InChI is InChI=1S/C17H17NO2S2/c1-10-7-8-21-16(10)17-18-15(11(2)22-17)12-5-6-13(19-3)14(9-12)20-4/h5-9H,1-4H3. The SMILES string of the molecule is COc1ccc(-c2nc(-c3sccc3C)sc2C)cc1OC. The smallest absolute Gasteiger partial charge is 0.161 e. The van der Waals surface area contributed by atoms with E-state index in [1.54, 1.807) is 36.9 Å². The summed E-state index contributed by atoms with van der Waals surface area (Å²) in [6.45, 7) is 4.23. The molecular weight excluding hydrogens is 314 g/mol. The number of aromatic nitrogens is 1.